The summed E-state index contributed by atoms with van der Waals surface area (Å²) in [5.41, 5.74) is -3.38. The Bertz CT molecular complexity index is 796. The lowest BCUT2D eigenvalue weighted by Crippen LogP contribution is -2.39. The summed E-state index contributed by atoms with van der Waals surface area (Å²) in [4.78, 5) is 23.6. The summed E-state index contributed by atoms with van der Waals surface area (Å²) in [5.74, 6) is -0.509. The third kappa shape index (κ3) is 9.67. The van der Waals surface area contributed by atoms with Crippen molar-refractivity contribution >= 4 is 19.7 Å². The number of carbonyl (C=O) groups excluding carboxylic acids is 1. The molecule has 0 aliphatic carbocycles. The molecule has 13 heteroatoms. The summed E-state index contributed by atoms with van der Waals surface area (Å²) in [7, 11) is -0.179. The van der Waals surface area contributed by atoms with Crippen LogP contribution in [-0.4, -0.2) is 68.0 Å². The molecule has 0 fully saturated rings. The molecule has 1 aromatic rings. The van der Waals surface area contributed by atoms with E-state index >= 15 is 0 Å². The molecular formula is C19H32F3N3O6Si. The SMILES string of the molecule is COC(=O)CCOCC(Nc1cnn(COCC[Si](C)(C)C)c(=O)c1C(F)(F)F)C(C)O. The Labute approximate surface area is 185 Å². The van der Waals surface area contributed by atoms with Crippen LogP contribution in [0.4, 0.5) is 18.9 Å². The summed E-state index contributed by atoms with van der Waals surface area (Å²) in [6.07, 6.45) is -5.26. The molecule has 9 nitrogen and oxygen atoms in total. The molecule has 0 saturated heterocycles. The zero-order chi connectivity index (χ0) is 24.5. The summed E-state index contributed by atoms with van der Waals surface area (Å²) >= 11 is 0. The Kier molecular flexibility index (Phi) is 10.8. The van der Waals surface area contributed by atoms with Gasteiger partial charge in [-0.2, -0.15) is 18.3 Å². The second-order valence-electron chi connectivity index (χ2n) is 8.48. The molecule has 1 rings (SSSR count). The largest absolute Gasteiger partial charge is 0.469 e. The van der Waals surface area contributed by atoms with Gasteiger partial charge in [-0.05, 0) is 13.0 Å². The highest BCUT2D eigenvalue weighted by Crippen LogP contribution is 2.32. The highest BCUT2D eigenvalue weighted by molar-refractivity contribution is 6.76. The number of carbonyl (C=O) groups is 1. The smallest absolute Gasteiger partial charge is 0.423 e. The van der Waals surface area contributed by atoms with Crippen LogP contribution in [0, 0.1) is 0 Å². The van der Waals surface area contributed by atoms with Gasteiger partial charge in [-0.3, -0.25) is 9.59 Å². The van der Waals surface area contributed by atoms with E-state index in [0.717, 1.165) is 12.2 Å². The number of nitrogens with one attached hydrogen (secondary N) is 1. The van der Waals surface area contributed by atoms with Gasteiger partial charge in [0.25, 0.3) is 5.56 Å². The molecule has 184 valence electrons. The van der Waals surface area contributed by atoms with Crippen molar-refractivity contribution in [1.29, 1.82) is 0 Å². The number of hydrogen-bond acceptors (Lipinski definition) is 8. The second-order valence-corrected chi connectivity index (χ2v) is 14.1. The van der Waals surface area contributed by atoms with Crippen LogP contribution in [0.2, 0.25) is 25.7 Å². The van der Waals surface area contributed by atoms with Gasteiger partial charge >= 0.3 is 12.1 Å². The Balaban J connectivity index is 2.96. The summed E-state index contributed by atoms with van der Waals surface area (Å²) in [5, 5.41) is 16.2. The van der Waals surface area contributed by atoms with Crippen molar-refractivity contribution in [3.8, 4) is 0 Å². The quantitative estimate of drug-likeness (QED) is 0.250. The number of esters is 1. The fourth-order valence-corrected chi connectivity index (χ4v) is 3.22. The van der Waals surface area contributed by atoms with Gasteiger partial charge in [-0.1, -0.05) is 19.6 Å². The van der Waals surface area contributed by atoms with Crippen LogP contribution in [0.3, 0.4) is 0 Å². The van der Waals surface area contributed by atoms with Gasteiger partial charge in [-0.15, -0.1) is 0 Å². The van der Waals surface area contributed by atoms with E-state index in [1.54, 1.807) is 0 Å². The average molecular weight is 484 g/mol. The monoisotopic (exact) mass is 483 g/mol. The van der Waals surface area contributed by atoms with Crippen LogP contribution in [0.5, 0.6) is 0 Å². The number of hydrogen-bond donors (Lipinski definition) is 2. The van der Waals surface area contributed by atoms with Crippen LogP contribution in [-0.2, 0) is 31.9 Å². The van der Waals surface area contributed by atoms with Crippen LogP contribution in [0.15, 0.2) is 11.0 Å². The van der Waals surface area contributed by atoms with Gasteiger partial charge in [0, 0.05) is 14.7 Å². The molecule has 0 aromatic carbocycles. The first-order chi connectivity index (χ1) is 14.8. The molecule has 0 spiro atoms. The highest BCUT2D eigenvalue weighted by Gasteiger charge is 2.39. The Hall–Kier alpha value is -1.96. The molecule has 0 radical (unpaired) electrons. The first-order valence-corrected chi connectivity index (χ1v) is 13.8. The lowest BCUT2D eigenvalue weighted by atomic mass is 10.1. The number of aromatic nitrogens is 2. The number of aliphatic hydroxyl groups is 1. The summed E-state index contributed by atoms with van der Waals surface area (Å²) in [6.45, 7) is 7.40. The van der Waals surface area contributed by atoms with Crippen molar-refractivity contribution < 1.29 is 37.3 Å². The summed E-state index contributed by atoms with van der Waals surface area (Å²) < 4.78 is 56.7. The van der Waals surface area contributed by atoms with E-state index in [4.69, 9.17) is 9.47 Å². The van der Waals surface area contributed by atoms with E-state index in [1.807, 2.05) is 0 Å². The minimum absolute atomic E-state index is 0.0433. The van der Waals surface area contributed by atoms with Crippen molar-refractivity contribution in [3.05, 3.63) is 22.1 Å². The van der Waals surface area contributed by atoms with Crippen molar-refractivity contribution in [3.63, 3.8) is 0 Å². The molecule has 2 atom stereocenters. The van der Waals surface area contributed by atoms with Crippen molar-refractivity contribution in [2.24, 2.45) is 0 Å². The van der Waals surface area contributed by atoms with Crippen LogP contribution < -0.4 is 10.9 Å². The molecular weight excluding hydrogens is 451 g/mol. The first-order valence-electron chi connectivity index (χ1n) is 10.1. The van der Waals surface area contributed by atoms with E-state index in [9.17, 15) is 27.9 Å². The fraction of sp³-hybridized carbons (Fsp3) is 0.737. The van der Waals surface area contributed by atoms with Crippen molar-refractivity contribution in [2.75, 3.05) is 32.2 Å². The Morgan fingerprint density at radius 3 is 2.47 bits per heavy atom. The minimum Gasteiger partial charge on any atom is -0.469 e. The highest BCUT2D eigenvalue weighted by atomic mass is 28.3. The zero-order valence-corrected chi connectivity index (χ0v) is 20.0. The van der Waals surface area contributed by atoms with Gasteiger partial charge in [0.15, 0.2) is 0 Å². The van der Waals surface area contributed by atoms with E-state index in [-0.39, 0.29) is 19.6 Å². The molecule has 1 heterocycles. The number of rotatable bonds is 13. The molecule has 2 N–H and O–H groups in total. The number of methoxy groups -OCH3 is 1. The lowest BCUT2D eigenvalue weighted by molar-refractivity contribution is -0.142. The number of halogens is 3. The average Bonchev–Trinajstić information content (AvgIpc) is 2.66. The Morgan fingerprint density at radius 2 is 1.94 bits per heavy atom. The summed E-state index contributed by atoms with van der Waals surface area (Å²) in [6, 6.07) is -0.196. The topological polar surface area (TPSA) is 112 Å². The maximum atomic E-state index is 13.7. The Morgan fingerprint density at radius 1 is 1.28 bits per heavy atom. The number of alkyl halides is 3. The van der Waals surface area contributed by atoms with Crippen LogP contribution in [0.25, 0.3) is 0 Å². The molecule has 0 aliphatic rings. The van der Waals surface area contributed by atoms with E-state index < -0.39 is 55.9 Å². The predicted molar refractivity (Wildman–Crippen MR) is 114 cm³/mol. The molecule has 0 saturated carbocycles. The van der Waals surface area contributed by atoms with Crippen molar-refractivity contribution in [1.82, 2.24) is 9.78 Å². The zero-order valence-electron chi connectivity index (χ0n) is 19.0. The fourth-order valence-electron chi connectivity index (χ4n) is 2.46. The molecule has 0 bridgehead atoms. The normalized spacial score (nSPS) is 14.2. The maximum absolute atomic E-state index is 13.7. The van der Waals surface area contributed by atoms with E-state index in [2.05, 4.69) is 34.8 Å². The molecule has 2 unspecified atom stereocenters. The van der Waals surface area contributed by atoms with Gasteiger partial charge in [0.2, 0.25) is 0 Å². The molecule has 0 amide bonds. The van der Waals surface area contributed by atoms with E-state index in [0.29, 0.717) is 11.3 Å². The number of nitrogens with zero attached hydrogens (tertiary/aromatic N) is 2. The molecule has 0 aliphatic heterocycles. The minimum atomic E-state index is -4.96. The van der Waals surface area contributed by atoms with Gasteiger partial charge in [0.1, 0.15) is 12.3 Å². The van der Waals surface area contributed by atoms with Crippen molar-refractivity contribution in [2.45, 2.75) is 64.1 Å². The third-order valence-corrected chi connectivity index (χ3v) is 6.14. The third-order valence-electron chi connectivity index (χ3n) is 4.44. The lowest BCUT2D eigenvalue weighted by Gasteiger charge is -2.24. The first kappa shape index (κ1) is 28.1. The number of aliphatic hydroxyl groups excluding tert-OH is 1. The molecule has 32 heavy (non-hydrogen) atoms. The van der Waals surface area contributed by atoms with Gasteiger partial charge < -0.3 is 24.6 Å². The van der Waals surface area contributed by atoms with Gasteiger partial charge in [0.05, 0.1) is 50.8 Å². The second kappa shape index (κ2) is 12.3. The number of anilines is 1. The van der Waals surface area contributed by atoms with E-state index in [1.165, 1.54) is 14.0 Å². The van der Waals surface area contributed by atoms with Crippen LogP contribution in [0.1, 0.15) is 18.9 Å². The van der Waals surface area contributed by atoms with Crippen LogP contribution >= 0.6 is 0 Å². The molecule has 1 aromatic heterocycles. The van der Waals surface area contributed by atoms with Gasteiger partial charge in [-0.25, -0.2) is 4.68 Å². The predicted octanol–water partition coefficient (Wildman–Crippen LogP) is 2.32. The standard InChI is InChI=1S/C19H32F3N3O6Si/c1-13(26)15(11-30-7-6-16(27)29-2)24-14-10-23-25(12-31-8-9-32(3,4)5)18(28)17(14)19(20,21)22/h10,13,15,24,26H,6-9,11-12H2,1-5H3. The maximum Gasteiger partial charge on any atom is 0.423 e. The number of ether oxygens (including phenoxy) is 3.